The lowest BCUT2D eigenvalue weighted by atomic mass is 9.92. The quantitative estimate of drug-likeness (QED) is 0.342. The van der Waals surface area contributed by atoms with Crippen LogP contribution in [-0.4, -0.2) is 83.0 Å². The average Bonchev–Trinajstić information content (AvgIpc) is 3.25. The molecule has 4 N–H and O–H groups in total. The zero-order valence-corrected chi connectivity index (χ0v) is 26.9. The normalized spacial score (nSPS) is 21.2. The van der Waals surface area contributed by atoms with Crippen LogP contribution in [-0.2, 0) is 15.7 Å². The van der Waals surface area contributed by atoms with Gasteiger partial charge in [0.15, 0.2) is 17.3 Å². The van der Waals surface area contributed by atoms with Crippen LogP contribution >= 0.6 is 0 Å². The smallest absolute Gasteiger partial charge is 0.418 e. The standard InChI is InChI=1S/C32H38F3N9O4/c1-31(2,3)48-30(46)41-24-18-6-7-19(24)17-44(16-18)22-5-4-10-37-28(22)42-29(45)26-27(36)38-15-21(39-26)25-20(32(33,34)35)8-9-23(40-25)43-11-13-47-14-12-43/h4-5,8-10,15,18-19,24H,6-7,11-14,16-17H2,1-3H3,(H2,36,38)(H,41,46)(H,37,42,45)/t18-,19+,24-. The number of anilines is 4. The zero-order chi connectivity index (χ0) is 34.2. The average molecular weight is 670 g/mol. The highest BCUT2D eigenvalue weighted by Crippen LogP contribution is 2.41. The molecule has 1 saturated carbocycles. The highest BCUT2D eigenvalue weighted by molar-refractivity contribution is 6.06. The summed E-state index contributed by atoms with van der Waals surface area (Å²) < 4.78 is 53.1. The molecule has 2 bridgehead atoms. The number of ether oxygens (including phenoxy) is 2. The first-order valence-electron chi connectivity index (χ1n) is 15.8. The lowest BCUT2D eigenvalue weighted by Gasteiger charge is -2.40. The third-order valence-electron chi connectivity index (χ3n) is 8.66. The van der Waals surface area contributed by atoms with Crippen molar-refractivity contribution in [2.75, 3.05) is 60.2 Å². The fourth-order valence-electron chi connectivity index (χ4n) is 6.53. The van der Waals surface area contributed by atoms with Gasteiger partial charge in [0.2, 0.25) is 0 Å². The Morgan fingerprint density at radius 3 is 2.38 bits per heavy atom. The van der Waals surface area contributed by atoms with E-state index in [1.807, 2.05) is 31.7 Å². The molecular weight excluding hydrogens is 631 g/mol. The lowest BCUT2D eigenvalue weighted by Crippen LogP contribution is -2.53. The molecule has 256 valence electrons. The molecule has 2 saturated heterocycles. The summed E-state index contributed by atoms with van der Waals surface area (Å²) in [5.41, 5.74) is 3.98. The van der Waals surface area contributed by atoms with Gasteiger partial charge < -0.3 is 35.6 Å². The van der Waals surface area contributed by atoms with Crippen molar-refractivity contribution in [3.8, 4) is 11.4 Å². The van der Waals surface area contributed by atoms with Crippen LogP contribution < -0.4 is 26.2 Å². The molecule has 5 heterocycles. The van der Waals surface area contributed by atoms with Crippen LogP contribution in [0.25, 0.3) is 11.4 Å². The number of amides is 2. The molecule has 48 heavy (non-hydrogen) atoms. The van der Waals surface area contributed by atoms with Crippen LogP contribution in [0.5, 0.6) is 0 Å². The summed E-state index contributed by atoms with van der Waals surface area (Å²) >= 11 is 0. The van der Waals surface area contributed by atoms with Gasteiger partial charge in [0.05, 0.1) is 30.7 Å². The first kappa shape index (κ1) is 33.2. The summed E-state index contributed by atoms with van der Waals surface area (Å²) in [4.78, 5) is 47.0. The van der Waals surface area contributed by atoms with Gasteiger partial charge in [-0.15, -0.1) is 0 Å². The number of nitrogen functional groups attached to an aromatic ring is 1. The fraction of sp³-hybridized carbons (Fsp3) is 0.500. The number of carbonyl (C=O) groups is 2. The van der Waals surface area contributed by atoms with Gasteiger partial charge in [-0.2, -0.15) is 13.2 Å². The molecule has 0 aromatic carbocycles. The molecule has 0 radical (unpaired) electrons. The molecule has 13 nitrogen and oxygen atoms in total. The summed E-state index contributed by atoms with van der Waals surface area (Å²) in [6, 6.07) is 5.79. The number of piperidine rings is 1. The van der Waals surface area contributed by atoms with Gasteiger partial charge in [0.1, 0.15) is 22.8 Å². The summed E-state index contributed by atoms with van der Waals surface area (Å²) in [7, 11) is 0. The Hall–Kier alpha value is -4.73. The van der Waals surface area contributed by atoms with Crippen molar-refractivity contribution in [1.82, 2.24) is 25.3 Å². The zero-order valence-electron chi connectivity index (χ0n) is 26.9. The molecule has 0 unspecified atom stereocenters. The second-order valence-corrected chi connectivity index (χ2v) is 13.2. The number of nitrogens with one attached hydrogen (secondary N) is 2. The van der Waals surface area contributed by atoms with Gasteiger partial charge in [-0.25, -0.2) is 24.7 Å². The number of fused-ring (bicyclic) bond motifs is 2. The van der Waals surface area contributed by atoms with E-state index in [1.54, 1.807) is 6.07 Å². The van der Waals surface area contributed by atoms with Crippen molar-refractivity contribution < 1.29 is 32.2 Å². The van der Waals surface area contributed by atoms with Crippen molar-refractivity contribution in [2.24, 2.45) is 11.8 Å². The molecule has 3 aromatic heterocycles. The van der Waals surface area contributed by atoms with Crippen molar-refractivity contribution in [3.05, 3.63) is 47.9 Å². The Balaban J connectivity index is 1.23. The lowest BCUT2D eigenvalue weighted by molar-refractivity contribution is -0.137. The number of alkyl carbamates (subject to hydrolysis) is 1. The fourth-order valence-corrected chi connectivity index (χ4v) is 6.53. The Bertz CT molecular complexity index is 1660. The van der Waals surface area contributed by atoms with E-state index in [0.29, 0.717) is 50.9 Å². The topological polar surface area (TPSA) is 161 Å². The van der Waals surface area contributed by atoms with Crippen molar-refractivity contribution in [3.63, 3.8) is 0 Å². The molecule has 0 spiro atoms. The minimum Gasteiger partial charge on any atom is -0.444 e. The van der Waals surface area contributed by atoms with Crippen LogP contribution in [0, 0.1) is 11.8 Å². The van der Waals surface area contributed by atoms with Crippen LogP contribution in [0.2, 0.25) is 0 Å². The van der Waals surface area contributed by atoms with Gasteiger partial charge in [-0.3, -0.25) is 4.79 Å². The SMILES string of the molecule is CC(C)(C)OC(=O)N[C@@H]1[C@@H]2CC[C@H]1CN(c1cccnc1NC(=O)c1nc(-c3nc(N4CCOCC4)ccc3C(F)(F)F)cnc1N)C2. The number of nitrogens with two attached hydrogens (primary N) is 1. The maximum Gasteiger partial charge on any atom is 0.418 e. The number of rotatable bonds is 6. The number of hydrogen-bond donors (Lipinski definition) is 3. The first-order valence-corrected chi connectivity index (χ1v) is 15.8. The van der Waals surface area contributed by atoms with E-state index in [4.69, 9.17) is 15.2 Å². The van der Waals surface area contributed by atoms with E-state index < -0.39 is 35.0 Å². The third-order valence-corrected chi connectivity index (χ3v) is 8.66. The molecule has 2 aliphatic heterocycles. The summed E-state index contributed by atoms with van der Waals surface area (Å²) in [5.74, 6) is -0.190. The maximum absolute atomic E-state index is 14.1. The molecule has 3 aromatic rings. The number of morpholine rings is 1. The highest BCUT2D eigenvalue weighted by atomic mass is 19.4. The molecule has 2 amide bonds. The first-order chi connectivity index (χ1) is 22.8. The van der Waals surface area contributed by atoms with E-state index in [0.717, 1.165) is 25.1 Å². The monoisotopic (exact) mass is 669 g/mol. The Morgan fingerprint density at radius 1 is 1.00 bits per heavy atom. The number of carbonyl (C=O) groups excluding carboxylic acids is 2. The van der Waals surface area contributed by atoms with E-state index in [-0.39, 0.29) is 40.9 Å². The summed E-state index contributed by atoms with van der Waals surface area (Å²) in [5, 5.41) is 5.79. The van der Waals surface area contributed by atoms with E-state index >= 15 is 0 Å². The number of pyridine rings is 2. The summed E-state index contributed by atoms with van der Waals surface area (Å²) in [6.07, 6.45) is -0.753. The third kappa shape index (κ3) is 7.22. The molecule has 6 rings (SSSR count). The number of hydrogen-bond acceptors (Lipinski definition) is 11. The molecule has 1 aliphatic carbocycles. The van der Waals surface area contributed by atoms with Crippen LogP contribution in [0.4, 0.5) is 41.1 Å². The van der Waals surface area contributed by atoms with Gasteiger partial charge >= 0.3 is 12.3 Å². The van der Waals surface area contributed by atoms with E-state index in [9.17, 15) is 22.8 Å². The van der Waals surface area contributed by atoms with Crippen LogP contribution in [0.1, 0.15) is 49.7 Å². The predicted molar refractivity (Wildman–Crippen MR) is 171 cm³/mol. The van der Waals surface area contributed by atoms with Gasteiger partial charge in [0, 0.05) is 38.4 Å². The largest absolute Gasteiger partial charge is 0.444 e. The molecule has 3 fully saturated rings. The van der Waals surface area contributed by atoms with Gasteiger partial charge in [-0.05, 0) is 69.7 Å². The van der Waals surface area contributed by atoms with Crippen molar-refractivity contribution >= 4 is 35.1 Å². The number of aromatic nitrogens is 4. The summed E-state index contributed by atoms with van der Waals surface area (Å²) in [6.45, 7) is 8.43. The van der Waals surface area contributed by atoms with Crippen LogP contribution in [0.15, 0.2) is 36.7 Å². The number of alkyl halides is 3. The second-order valence-electron chi connectivity index (χ2n) is 13.2. The number of halogens is 3. The second kappa shape index (κ2) is 13.1. The minimum atomic E-state index is -4.74. The maximum atomic E-state index is 14.1. The van der Waals surface area contributed by atoms with E-state index in [1.165, 1.54) is 12.3 Å². The Morgan fingerprint density at radius 2 is 1.71 bits per heavy atom. The molecule has 3 atom stereocenters. The highest BCUT2D eigenvalue weighted by Gasteiger charge is 2.44. The Kier molecular flexibility index (Phi) is 9.02. The molecule has 3 aliphatic rings. The van der Waals surface area contributed by atoms with Crippen molar-refractivity contribution in [1.29, 1.82) is 0 Å². The van der Waals surface area contributed by atoms with Crippen LogP contribution in [0.3, 0.4) is 0 Å². The minimum absolute atomic E-state index is 0.0411. The molecular formula is C32H38F3N9O4. The van der Waals surface area contributed by atoms with E-state index in [2.05, 4.69) is 35.5 Å². The Labute approximate surface area is 275 Å². The number of nitrogens with zero attached hydrogens (tertiary/aromatic N) is 6. The van der Waals surface area contributed by atoms with Gasteiger partial charge in [-0.1, -0.05) is 0 Å². The predicted octanol–water partition coefficient (Wildman–Crippen LogP) is 4.36. The molecule has 16 heteroatoms. The van der Waals surface area contributed by atoms with Crippen molar-refractivity contribution in [2.45, 2.75) is 51.4 Å². The van der Waals surface area contributed by atoms with Gasteiger partial charge in [0.25, 0.3) is 5.91 Å².